The van der Waals surface area contributed by atoms with E-state index in [-0.39, 0.29) is 17.7 Å². The Morgan fingerprint density at radius 3 is 2.57 bits per heavy atom. The first kappa shape index (κ1) is 15.5. The first-order chi connectivity index (χ1) is 10.1. The smallest absolute Gasteiger partial charge is 0.227 e. The highest BCUT2D eigenvalue weighted by Gasteiger charge is 2.23. The molecule has 4 heteroatoms. The van der Waals surface area contributed by atoms with Crippen LogP contribution in [0.25, 0.3) is 0 Å². The van der Waals surface area contributed by atoms with Crippen molar-refractivity contribution in [3.63, 3.8) is 0 Å². The van der Waals surface area contributed by atoms with Crippen LogP contribution in [0.1, 0.15) is 45.6 Å². The Labute approximate surface area is 126 Å². The van der Waals surface area contributed by atoms with Gasteiger partial charge in [0.2, 0.25) is 11.8 Å². The summed E-state index contributed by atoms with van der Waals surface area (Å²) >= 11 is 0. The molecule has 1 aromatic rings. The number of carbonyl (C=O) groups is 2. The number of rotatable bonds is 5. The Hall–Kier alpha value is -1.84. The first-order valence-corrected chi connectivity index (χ1v) is 7.84. The summed E-state index contributed by atoms with van der Waals surface area (Å²) in [4.78, 5) is 25.8. The standard InChI is InChI=1S/C17H24N2O2/c1-4-12(5-2)17(21)18-14-8-9-15-13(11-14)7-10-16(20)19(15)6-3/h8-9,11-12H,4-7,10H2,1-3H3,(H,18,21). The molecule has 0 saturated carbocycles. The van der Waals surface area contributed by atoms with Gasteiger partial charge in [0, 0.05) is 30.3 Å². The van der Waals surface area contributed by atoms with E-state index in [4.69, 9.17) is 0 Å². The fourth-order valence-corrected chi connectivity index (χ4v) is 2.89. The molecule has 2 rings (SSSR count). The van der Waals surface area contributed by atoms with Crippen molar-refractivity contribution < 1.29 is 9.59 Å². The number of fused-ring (bicyclic) bond motifs is 1. The molecule has 1 N–H and O–H groups in total. The van der Waals surface area contributed by atoms with Gasteiger partial charge in [0.05, 0.1) is 0 Å². The van der Waals surface area contributed by atoms with Gasteiger partial charge in [-0.25, -0.2) is 0 Å². The molecule has 0 aromatic heterocycles. The third-order valence-electron chi connectivity index (χ3n) is 4.22. The van der Waals surface area contributed by atoms with Crippen molar-refractivity contribution in [3.8, 4) is 0 Å². The lowest BCUT2D eigenvalue weighted by atomic mass is 9.99. The lowest BCUT2D eigenvalue weighted by Gasteiger charge is -2.28. The first-order valence-electron chi connectivity index (χ1n) is 7.84. The second-order valence-corrected chi connectivity index (χ2v) is 5.48. The van der Waals surface area contributed by atoms with Gasteiger partial charge in [0.15, 0.2) is 0 Å². The van der Waals surface area contributed by atoms with Crippen molar-refractivity contribution in [2.24, 2.45) is 5.92 Å². The second kappa shape index (κ2) is 6.74. The zero-order valence-corrected chi connectivity index (χ0v) is 13.1. The number of benzene rings is 1. The van der Waals surface area contributed by atoms with E-state index >= 15 is 0 Å². The molecular formula is C17H24N2O2. The Kier molecular flexibility index (Phi) is 4.99. The molecule has 2 amide bonds. The highest BCUT2D eigenvalue weighted by Crippen LogP contribution is 2.30. The molecule has 114 valence electrons. The third-order valence-corrected chi connectivity index (χ3v) is 4.22. The Morgan fingerprint density at radius 1 is 1.24 bits per heavy atom. The number of anilines is 2. The highest BCUT2D eigenvalue weighted by atomic mass is 16.2. The van der Waals surface area contributed by atoms with Crippen molar-refractivity contribution in [3.05, 3.63) is 23.8 Å². The van der Waals surface area contributed by atoms with Crippen molar-refractivity contribution in [2.75, 3.05) is 16.8 Å². The van der Waals surface area contributed by atoms with E-state index in [9.17, 15) is 9.59 Å². The van der Waals surface area contributed by atoms with Gasteiger partial charge in [0.1, 0.15) is 0 Å². The van der Waals surface area contributed by atoms with E-state index in [2.05, 4.69) is 5.32 Å². The molecule has 1 heterocycles. The Morgan fingerprint density at radius 2 is 1.95 bits per heavy atom. The number of carbonyl (C=O) groups excluding carboxylic acids is 2. The molecule has 0 radical (unpaired) electrons. The van der Waals surface area contributed by atoms with E-state index in [0.717, 1.165) is 36.2 Å². The topological polar surface area (TPSA) is 49.4 Å². The average Bonchev–Trinajstić information content (AvgIpc) is 2.48. The van der Waals surface area contributed by atoms with Gasteiger partial charge in [-0.15, -0.1) is 0 Å². The lowest BCUT2D eigenvalue weighted by Crippen LogP contribution is -2.34. The highest BCUT2D eigenvalue weighted by molar-refractivity contribution is 5.97. The van der Waals surface area contributed by atoms with E-state index < -0.39 is 0 Å². The third kappa shape index (κ3) is 3.26. The summed E-state index contributed by atoms with van der Waals surface area (Å²) in [5.41, 5.74) is 2.95. The molecule has 4 nitrogen and oxygen atoms in total. The SMILES string of the molecule is CCC(CC)C(=O)Nc1ccc2c(c1)CCC(=O)N2CC. The van der Waals surface area contributed by atoms with Crippen LogP contribution >= 0.6 is 0 Å². The van der Waals surface area contributed by atoms with Gasteiger partial charge in [-0.2, -0.15) is 0 Å². The summed E-state index contributed by atoms with van der Waals surface area (Å²) in [6.45, 7) is 6.73. The van der Waals surface area contributed by atoms with Gasteiger partial charge in [-0.05, 0) is 49.9 Å². The Bertz CT molecular complexity index is 536. The normalized spacial score (nSPS) is 14.3. The largest absolute Gasteiger partial charge is 0.326 e. The molecule has 0 unspecified atom stereocenters. The van der Waals surface area contributed by atoms with Crippen molar-refractivity contribution >= 4 is 23.2 Å². The van der Waals surface area contributed by atoms with E-state index in [1.165, 1.54) is 0 Å². The van der Waals surface area contributed by atoms with E-state index in [0.29, 0.717) is 13.0 Å². The summed E-state index contributed by atoms with van der Waals surface area (Å²) in [6, 6.07) is 5.84. The molecule has 0 saturated heterocycles. The zero-order valence-electron chi connectivity index (χ0n) is 13.1. The molecule has 0 spiro atoms. The molecule has 21 heavy (non-hydrogen) atoms. The van der Waals surface area contributed by atoms with Gasteiger partial charge in [-0.3, -0.25) is 9.59 Å². The maximum Gasteiger partial charge on any atom is 0.227 e. The Balaban J connectivity index is 2.18. The van der Waals surface area contributed by atoms with Crippen LogP contribution in [-0.2, 0) is 16.0 Å². The van der Waals surface area contributed by atoms with Crippen LogP contribution in [0.15, 0.2) is 18.2 Å². The summed E-state index contributed by atoms with van der Waals surface area (Å²) in [5.74, 6) is 0.327. The lowest BCUT2D eigenvalue weighted by molar-refractivity contribution is -0.120. The van der Waals surface area contributed by atoms with Crippen LogP contribution in [0.2, 0.25) is 0 Å². The predicted octanol–water partition coefficient (Wildman–Crippen LogP) is 3.36. The minimum atomic E-state index is 0.0646. The van der Waals surface area contributed by atoms with Gasteiger partial charge in [0.25, 0.3) is 0 Å². The van der Waals surface area contributed by atoms with Crippen LogP contribution < -0.4 is 10.2 Å². The maximum atomic E-state index is 12.1. The minimum Gasteiger partial charge on any atom is -0.326 e. The predicted molar refractivity (Wildman–Crippen MR) is 85.5 cm³/mol. The van der Waals surface area contributed by atoms with Crippen LogP contribution in [0.3, 0.4) is 0 Å². The summed E-state index contributed by atoms with van der Waals surface area (Å²) in [7, 11) is 0. The fourth-order valence-electron chi connectivity index (χ4n) is 2.89. The molecule has 0 atom stereocenters. The number of amides is 2. The molecular weight excluding hydrogens is 264 g/mol. The van der Waals surface area contributed by atoms with Crippen LogP contribution in [0.5, 0.6) is 0 Å². The second-order valence-electron chi connectivity index (χ2n) is 5.48. The number of nitrogens with one attached hydrogen (secondary N) is 1. The number of nitrogens with zero attached hydrogens (tertiary/aromatic N) is 1. The number of hydrogen-bond acceptors (Lipinski definition) is 2. The van der Waals surface area contributed by atoms with Crippen LogP contribution in [0, 0.1) is 5.92 Å². The molecule has 0 bridgehead atoms. The zero-order chi connectivity index (χ0) is 15.4. The quantitative estimate of drug-likeness (QED) is 0.903. The van der Waals surface area contributed by atoms with Crippen LogP contribution in [0.4, 0.5) is 11.4 Å². The molecule has 0 fully saturated rings. The molecule has 1 aromatic carbocycles. The number of aryl methyl sites for hydroxylation is 1. The van der Waals surface area contributed by atoms with E-state index in [1.54, 1.807) is 0 Å². The monoisotopic (exact) mass is 288 g/mol. The van der Waals surface area contributed by atoms with E-state index in [1.807, 2.05) is 43.9 Å². The van der Waals surface area contributed by atoms with Crippen LogP contribution in [-0.4, -0.2) is 18.4 Å². The summed E-state index contributed by atoms with van der Waals surface area (Å²) < 4.78 is 0. The van der Waals surface area contributed by atoms with Crippen molar-refractivity contribution in [2.45, 2.75) is 46.5 Å². The minimum absolute atomic E-state index is 0.0646. The van der Waals surface area contributed by atoms with Gasteiger partial charge in [-0.1, -0.05) is 13.8 Å². The average molecular weight is 288 g/mol. The van der Waals surface area contributed by atoms with Gasteiger partial charge < -0.3 is 10.2 Å². The summed E-state index contributed by atoms with van der Waals surface area (Å²) in [5, 5.41) is 3.00. The van der Waals surface area contributed by atoms with Crippen molar-refractivity contribution in [1.82, 2.24) is 0 Å². The molecule has 1 aliphatic heterocycles. The maximum absolute atomic E-state index is 12.1. The number of hydrogen-bond donors (Lipinski definition) is 1. The van der Waals surface area contributed by atoms with Crippen molar-refractivity contribution in [1.29, 1.82) is 0 Å². The summed E-state index contributed by atoms with van der Waals surface area (Å²) in [6.07, 6.45) is 3.00. The van der Waals surface area contributed by atoms with Gasteiger partial charge >= 0.3 is 0 Å². The molecule has 0 aliphatic carbocycles. The molecule has 1 aliphatic rings. The fraction of sp³-hybridized carbons (Fsp3) is 0.529.